The quantitative estimate of drug-likeness (QED) is 0.373. The monoisotopic (exact) mass is 379 g/mol. The molecule has 4 rings (SSSR count). The van der Waals surface area contributed by atoms with Gasteiger partial charge in [-0.1, -0.05) is 103 Å². The van der Waals surface area contributed by atoms with Gasteiger partial charge in [0.15, 0.2) is 0 Å². The maximum absolute atomic E-state index is 5.96. The lowest BCUT2D eigenvalue weighted by Crippen LogP contribution is -2.27. The lowest BCUT2D eigenvalue weighted by atomic mass is 9.99. The van der Waals surface area contributed by atoms with Crippen molar-refractivity contribution < 1.29 is 4.74 Å². The molecular formula is C27H25NO. The fourth-order valence-electron chi connectivity index (χ4n) is 3.47. The highest BCUT2D eigenvalue weighted by atomic mass is 16.5. The zero-order chi connectivity index (χ0) is 19.7. The summed E-state index contributed by atoms with van der Waals surface area (Å²) in [6, 6.07) is 39.9. The molecule has 0 radical (unpaired) electrons. The SMILES string of the molecule is c1ccc(-c2ccc(OCCNC(c3ccccc3)c3ccccc3)cc2)cc1. The average Bonchev–Trinajstić information content (AvgIpc) is 2.81. The van der Waals surface area contributed by atoms with Crippen LogP contribution in [0.4, 0.5) is 0 Å². The third-order valence-corrected chi connectivity index (χ3v) is 4.95. The van der Waals surface area contributed by atoms with Crippen molar-refractivity contribution in [3.05, 3.63) is 126 Å². The van der Waals surface area contributed by atoms with E-state index in [4.69, 9.17) is 4.74 Å². The fraction of sp³-hybridized carbons (Fsp3) is 0.111. The topological polar surface area (TPSA) is 21.3 Å². The lowest BCUT2D eigenvalue weighted by molar-refractivity contribution is 0.309. The van der Waals surface area contributed by atoms with Crippen molar-refractivity contribution in [2.45, 2.75) is 6.04 Å². The number of ether oxygens (including phenoxy) is 1. The molecule has 4 aromatic carbocycles. The number of hydrogen-bond acceptors (Lipinski definition) is 2. The van der Waals surface area contributed by atoms with Gasteiger partial charge < -0.3 is 10.1 Å². The first-order valence-corrected chi connectivity index (χ1v) is 10.0. The van der Waals surface area contributed by atoms with E-state index in [0.717, 1.165) is 12.3 Å². The van der Waals surface area contributed by atoms with Gasteiger partial charge in [-0.3, -0.25) is 0 Å². The van der Waals surface area contributed by atoms with Gasteiger partial charge in [0.05, 0.1) is 6.04 Å². The number of nitrogens with one attached hydrogen (secondary N) is 1. The number of rotatable bonds is 8. The maximum atomic E-state index is 5.96. The molecule has 4 aromatic rings. The van der Waals surface area contributed by atoms with Crippen molar-refractivity contribution in [2.24, 2.45) is 0 Å². The van der Waals surface area contributed by atoms with Crippen molar-refractivity contribution >= 4 is 0 Å². The van der Waals surface area contributed by atoms with E-state index >= 15 is 0 Å². The molecule has 2 nitrogen and oxygen atoms in total. The van der Waals surface area contributed by atoms with E-state index < -0.39 is 0 Å². The van der Waals surface area contributed by atoms with E-state index in [1.54, 1.807) is 0 Å². The molecule has 0 aliphatic carbocycles. The van der Waals surface area contributed by atoms with Crippen molar-refractivity contribution in [3.8, 4) is 16.9 Å². The number of hydrogen-bond donors (Lipinski definition) is 1. The van der Waals surface area contributed by atoms with Crippen LogP contribution in [0.2, 0.25) is 0 Å². The lowest BCUT2D eigenvalue weighted by Gasteiger charge is -2.20. The van der Waals surface area contributed by atoms with Crippen LogP contribution >= 0.6 is 0 Å². The molecule has 29 heavy (non-hydrogen) atoms. The Morgan fingerprint density at radius 1 is 0.552 bits per heavy atom. The summed E-state index contributed by atoms with van der Waals surface area (Å²) >= 11 is 0. The normalized spacial score (nSPS) is 10.8. The minimum Gasteiger partial charge on any atom is -0.492 e. The first-order valence-electron chi connectivity index (χ1n) is 10.0. The van der Waals surface area contributed by atoms with Gasteiger partial charge in [-0.2, -0.15) is 0 Å². The molecular weight excluding hydrogens is 354 g/mol. The number of benzene rings is 4. The minimum absolute atomic E-state index is 0.154. The summed E-state index contributed by atoms with van der Waals surface area (Å²) in [6.07, 6.45) is 0. The molecule has 1 N–H and O–H groups in total. The molecule has 0 saturated heterocycles. The van der Waals surface area contributed by atoms with Gasteiger partial charge in [-0.15, -0.1) is 0 Å². The van der Waals surface area contributed by atoms with Crippen molar-refractivity contribution in [3.63, 3.8) is 0 Å². The summed E-state index contributed by atoms with van der Waals surface area (Å²) in [5, 5.41) is 3.63. The summed E-state index contributed by atoms with van der Waals surface area (Å²) in [5.74, 6) is 0.891. The maximum Gasteiger partial charge on any atom is 0.119 e. The molecule has 0 aliphatic rings. The van der Waals surface area contributed by atoms with E-state index in [0.29, 0.717) is 6.61 Å². The molecule has 0 bridgehead atoms. The average molecular weight is 380 g/mol. The van der Waals surface area contributed by atoms with Crippen LogP contribution in [0.1, 0.15) is 17.2 Å². The summed E-state index contributed by atoms with van der Waals surface area (Å²) < 4.78 is 5.96. The van der Waals surface area contributed by atoms with E-state index in [-0.39, 0.29) is 6.04 Å². The molecule has 0 amide bonds. The van der Waals surface area contributed by atoms with Crippen LogP contribution in [0.3, 0.4) is 0 Å². The molecule has 2 heteroatoms. The third-order valence-electron chi connectivity index (χ3n) is 4.95. The Hall–Kier alpha value is -3.36. The van der Waals surface area contributed by atoms with Gasteiger partial charge >= 0.3 is 0 Å². The van der Waals surface area contributed by atoms with Crippen LogP contribution in [0, 0.1) is 0 Å². The van der Waals surface area contributed by atoms with Gasteiger partial charge in [0, 0.05) is 6.54 Å². The van der Waals surface area contributed by atoms with Gasteiger partial charge in [-0.25, -0.2) is 0 Å². The first kappa shape index (κ1) is 19.0. The molecule has 0 atom stereocenters. The molecule has 0 spiro atoms. The van der Waals surface area contributed by atoms with Gasteiger partial charge in [0.2, 0.25) is 0 Å². The summed E-state index contributed by atoms with van der Waals surface area (Å²) in [7, 11) is 0. The zero-order valence-electron chi connectivity index (χ0n) is 16.4. The smallest absolute Gasteiger partial charge is 0.119 e. The van der Waals surface area contributed by atoms with Crippen LogP contribution < -0.4 is 10.1 Å². The van der Waals surface area contributed by atoms with E-state index in [2.05, 4.69) is 90.2 Å². The van der Waals surface area contributed by atoms with Crippen LogP contribution in [-0.2, 0) is 0 Å². The molecule has 0 heterocycles. The Balaban J connectivity index is 1.35. The second kappa shape index (κ2) is 9.72. The predicted octanol–water partition coefficient (Wildman–Crippen LogP) is 6.11. The minimum atomic E-state index is 0.154. The second-order valence-electron chi connectivity index (χ2n) is 6.95. The van der Waals surface area contributed by atoms with Gasteiger partial charge in [0.1, 0.15) is 12.4 Å². The predicted molar refractivity (Wildman–Crippen MR) is 120 cm³/mol. The van der Waals surface area contributed by atoms with Crippen LogP contribution in [0.5, 0.6) is 5.75 Å². The summed E-state index contributed by atoms with van der Waals surface area (Å²) in [5.41, 5.74) is 4.93. The van der Waals surface area contributed by atoms with Gasteiger partial charge in [0.25, 0.3) is 0 Å². The fourth-order valence-corrected chi connectivity index (χ4v) is 3.47. The van der Waals surface area contributed by atoms with Crippen molar-refractivity contribution in [1.29, 1.82) is 0 Å². The Morgan fingerprint density at radius 3 is 1.59 bits per heavy atom. The molecule has 0 saturated carbocycles. The first-order chi connectivity index (χ1) is 14.4. The van der Waals surface area contributed by atoms with E-state index in [1.807, 2.05) is 30.3 Å². The third kappa shape index (κ3) is 5.13. The highest BCUT2D eigenvalue weighted by Crippen LogP contribution is 2.23. The summed E-state index contributed by atoms with van der Waals surface area (Å²) in [6.45, 7) is 1.37. The molecule has 0 fully saturated rings. The zero-order valence-corrected chi connectivity index (χ0v) is 16.4. The van der Waals surface area contributed by atoms with E-state index in [1.165, 1.54) is 22.3 Å². The Kier molecular flexibility index (Phi) is 6.36. The Morgan fingerprint density at radius 2 is 1.03 bits per heavy atom. The molecule has 0 unspecified atom stereocenters. The van der Waals surface area contributed by atoms with Crippen molar-refractivity contribution in [2.75, 3.05) is 13.2 Å². The molecule has 144 valence electrons. The highest BCUT2D eigenvalue weighted by molar-refractivity contribution is 5.63. The summed E-state index contributed by atoms with van der Waals surface area (Å²) in [4.78, 5) is 0. The van der Waals surface area contributed by atoms with Gasteiger partial charge in [-0.05, 0) is 34.4 Å². The Bertz CT molecular complexity index is 943. The largest absolute Gasteiger partial charge is 0.492 e. The molecule has 0 aliphatic heterocycles. The molecule has 0 aromatic heterocycles. The van der Waals surface area contributed by atoms with E-state index in [9.17, 15) is 0 Å². The highest BCUT2D eigenvalue weighted by Gasteiger charge is 2.12. The van der Waals surface area contributed by atoms with Crippen LogP contribution in [-0.4, -0.2) is 13.2 Å². The Labute approximate surface area is 172 Å². The van der Waals surface area contributed by atoms with Crippen LogP contribution in [0.25, 0.3) is 11.1 Å². The van der Waals surface area contributed by atoms with Crippen molar-refractivity contribution in [1.82, 2.24) is 5.32 Å². The van der Waals surface area contributed by atoms with Crippen LogP contribution in [0.15, 0.2) is 115 Å². The standard InChI is InChI=1S/C27H25NO/c1-4-10-22(11-5-1)23-16-18-26(19-17-23)29-21-20-28-27(24-12-6-2-7-13-24)25-14-8-3-9-15-25/h1-19,27-28H,20-21H2. The second-order valence-corrected chi connectivity index (χ2v) is 6.95.